The van der Waals surface area contributed by atoms with Crippen molar-refractivity contribution in [1.82, 2.24) is 4.98 Å². The third kappa shape index (κ3) is 2.43. The van der Waals surface area contributed by atoms with E-state index in [1.807, 2.05) is 42.5 Å². The van der Waals surface area contributed by atoms with Gasteiger partial charge in [0.15, 0.2) is 0 Å². The number of aryl methyl sites for hydroxylation is 1. The molecule has 2 aromatic carbocycles. The van der Waals surface area contributed by atoms with Crippen LogP contribution in [0.4, 0.5) is 0 Å². The summed E-state index contributed by atoms with van der Waals surface area (Å²) in [6, 6.07) is 15.0. The molecule has 1 N–H and O–H groups in total. The van der Waals surface area contributed by atoms with Crippen LogP contribution < -0.4 is 0 Å². The maximum atomic E-state index is 10.5. The van der Waals surface area contributed by atoms with Crippen LogP contribution in [0.1, 0.15) is 27.9 Å². The van der Waals surface area contributed by atoms with Gasteiger partial charge in [-0.25, -0.2) is 4.98 Å². The first-order valence-corrected chi connectivity index (χ1v) is 9.12. The van der Waals surface area contributed by atoms with Crippen molar-refractivity contribution in [3.05, 3.63) is 91.7 Å². The van der Waals surface area contributed by atoms with Crippen molar-refractivity contribution in [3.8, 4) is 5.75 Å². The second-order valence-corrected chi connectivity index (χ2v) is 7.27. The molecule has 0 amide bonds. The molecule has 2 heterocycles. The molecule has 0 aliphatic carbocycles. The summed E-state index contributed by atoms with van der Waals surface area (Å²) < 4.78 is 6.31. The van der Waals surface area contributed by atoms with E-state index in [2.05, 4.69) is 4.98 Å². The van der Waals surface area contributed by atoms with E-state index in [-0.39, 0.29) is 17.5 Å². The van der Waals surface area contributed by atoms with E-state index in [9.17, 15) is 5.11 Å². The molecule has 0 saturated carbocycles. The SMILES string of the molecule is Cc1nc(Cl)c2c(c1O)COC2(c1ccccc1)c1cccc(Cl)c1Cl. The summed E-state index contributed by atoms with van der Waals surface area (Å²) >= 11 is 19.4. The van der Waals surface area contributed by atoms with Crippen LogP contribution in [0, 0.1) is 6.92 Å². The lowest BCUT2D eigenvalue weighted by Gasteiger charge is -2.32. The van der Waals surface area contributed by atoms with E-state index < -0.39 is 5.60 Å². The standard InChI is InChI=1S/C20H14Cl3NO2/c1-11-18(25)13-10-26-20(16(13)19(23)24-11,12-6-3-2-4-7-12)14-8-5-9-15(21)17(14)22/h2-9,25H,10H2,1H3. The molecular weight excluding hydrogens is 393 g/mol. The van der Waals surface area contributed by atoms with Crippen LogP contribution in [0.2, 0.25) is 15.2 Å². The minimum atomic E-state index is -1.10. The second kappa shape index (κ2) is 6.43. The van der Waals surface area contributed by atoms with Crippen LogP contribution >= 0.6 is 34.8 Å². The quantitative estimate of drug-likeness (QED) is 0.541. The zero-order valence-corrected chi connectivity index (χ0v) is 16.0. The Balaban J connectivity index is 2.13. The molecular formula is C20H14Cl3NO2. The third-order valence-electron chi connectivity index (χ3n) is 4.70. The molecule has 1 unspecified atom stereocenters. The smallest absolute Gasteiger partial charge is 0.149 e. The van der Waals surface area contributed by atoms with Gasteiger partial charge in [0, 0.05) is 16.7 Å². The van der Waals surface area contributed by atoms with Crippen molar-refractivity contribution in [1.29, 1.82) is 0 Å². The van der Waals surface area contributed by atoms with Gasteiger partial charge in [-0.1, -0.05) is 77.3 Å². The average molecular weight is 407 g/mol. The Kier molecular flexibility index (Phi) is 4.36. The van der Waals surface area contributed by atoms with E-state index in [4.69, 9.17) is 39.5 Å². The number of ether oxygens (including phenoxy) is 1. The van der Waals surface area contributed by atoms with E-state index in [1.165, 1.54) is 0 Å². The van der Waals surface area contributed by atoms with Gasteiger partial charge in [-0.05, 0) is 18.6 Å². The minimum Gasteiger partial charge on any atom is -0.506 e. The molecule has 26 heavy (non-hydrogen) atoms. The van der Waals surface area contributed by atoms with Crippen LogP contribution in [0.15, 0.2) is 48.5 Å². The third-order valence-corrected chi connectivity index (χ3v) is 5.79. The van der Waals surface area contributed by atoms with E-state index in [0.29, 0.717) is 32.4 Å². The minimum absolute atomic E-state index is 0.0837. The fourth-order valence-electron chi connectivity index (χ4n) is 3.51. The molecule has 3 nitrogen and oxygen atoms in total. The van der Waals surface area contributed by atoms with Crippen molar-refractivity contribution in [2.75, 3.05) is 0 Å². The Morgan fingerprint density at radius 2 is 1.77 bits per heavy atom. The Labute approximate surface area is 166 Å². The second-order valence-electron chi connectivity index (χ2n) is 6.13. The number of fused-ring (bicyclic) bond motifs is 1. The first-order chi connectivity index (χ1) is 12.5. The lowest BCUT2D eigenvalue weighted by molar-refractivity contribution is 0.0265. The summed E-state index contributed by atoms with van der Waals surface area (Å²) in [6.45, 7) is 1.89. The molecule has 4 rings (SSSR count). The van der Waals surface area contributed by atoms with Gasteiger partial charge in [0.1, 0.15) is 16.5 Å². The van der Waals surface area contributed by atoms with E-state index >= 15 is 0 Å². The molecule has 1 aliphatic heterocycles. The summed E-state index contributed by atoms with van der Waals surface area (Å²) in [5.41, 5.74) is 2.05. The largest absolute Gasteiger partial charge is 0.506 e. The normalized spacial score (nSPS) is 18.8. The molecule has 3 aromatic rings. The molecule has 0 spiro atoms. The predicted molar refractivity (Wildman–Crippen MR) is 103 cm³/mol. The van der Waals surface area contributed by atoms with Crippen LogP contribution in [-0.4, -0.2) is 10.1 Å². The lowest BCUT2D eigenvalue weighted by atomic mass is 9.80. The first-order valence-electron chi connectivity index (χ1n) is 7.99. The van der Waals surface area contributed by atoms with Gasteiger partial charge in [0.25, 0.3) is 0 Å². The molecule has 132 valence electrons. The van der Waals surface area contributed by atoms with Crippen LogP contribution in [0.5, 0.6) is 5.75 Å². The van der Waals surface area contributed by atoms with Crippen molar-refractivity contribution in [2.24, 2.45) is 0 Å². The summed E-state index contributed by atoms with van der Waals surface area (Å²) in [4.78, 5) is 4.30. The number of halogens is 3. The number of aromatic hydroxyl groups is 1. The number of hydrogen-bond donors (Lipinski definition) is 1. The number of rotatable bonds is 2. The number of nitrogens with zero attached hydrogens (tertiary/aromatic N) is 1. The molecule has 0 fully saturated rings. The highest BCUT2D eigenvalue weighted by molar-refractivity contribution is 6.42. The van der Waals surface area contributed by atoms with E-state index in [1.54, 1.807) is 13.0 Å². The molecule has 0 saturated heterocycles. The maximum Gasteiger partial charge on any atom is 0.149 e. The lowest BCUT2D eigenvalue weighted by Crippen LogP contribution is -2.29. The molecule has 0 radical (unpaired) electrons. The first kappa shape index (κ1) is 17.6. The van der Waals surface area contributed by atoms with E-state index in [0.717, 1.165) is 5.56 Å². The maximum absolute atomic E-state index is 10.5. The fraction of sp³-hybridized carbons (Fsp3) is 0.150. The van der Waals surface area contributed by atoms with Crippen LogP contribution in [0.3, 0.4) is 0 Å². The zero-order chi connectivity index (χ0) is 18.5. The van der Waals surface area contributed by atoms with Crippen molar-refractivity contribution >= 4 is 34.8 Å². The highest BCUT2D eigenvalue weighted by Crippen LogP contribution is 2.53. The Hall–Kier alpha value is -1.78. The van der Waals surface area contributed by atoms with Crippen molar-refractivity contribution < 1.29 is 9.84 Å². The molecule has 1 aliphatic rings. The average Bonchev–Trinajstić information content (AvgIpc) is 3.05. The number of aromatic nitrogens is 1. The van der Waals surface area contributed by atoms with Gasteiger partial charge in [0.2, 0.25) is 0 Å². The summed E-state index contributed by atoms with van der Waals surface area (Å²) in [6.07, 6.45) is 0. The van der Waals surface area contributed by atoms with Crippen molar-refractivity contribution in [3.63, 3.8) is 0 Å². The van der Waals surface area contributed by atoms with Gasteiger partial charge < -0.3 is 9.84 Å². The Bertz CT molecular complexity index is 1010. The molecule has 0 bridgehead atoms. The number of hydrogen-bond acceptors (Lipinski definition) is 3. The van der Waals surface area contributed by atoms with Gasteiger partial charge in [-0.15, -0.1) is 0 Å². The van der Waals surface area contributed by atoms with Crippen LogP contribution in [0.25, 0.3) is 0 Å². The van der Waals surface area contributed by atoms with Gasteiger partial charge in [-0.2, -0.15) is 0 Å². The Morgan fingerprint density at radius 1 is 1.04 bits per heavy atom. The number of pyridine rings is 1. The summed E-state index contributed by atoms with van der Waals surface area (Å²) in [7, 11) is 0. The van der Waals surface area contributed by atoms with Crippen molar-refractivity contribution in [2.45, 2.75) is 19.1 Å². The summed E-state index contributed by atoms with van der Waals surface area (Å²) in [5.74, 6) is 0.0837. The zero-order valence-electron chi connectivity index (χ0n) is 13.8. The molecule has 1 aromatic heterocycles. The summed E-state index contributed by atoms with van der Waals surface area (Å²) in [5, 5.41) is 11.6. The Morgan fingerprint density at radius 3 is 2.50 bits per heavy atom. The highest BCUT2D eigenvalue weighted by Gasteiger charge is 2.48. The topological polar surface area (TPSA) is 42.4 Å². The van der Waals surface area contributed by atoms with Gasteiger partial charge >= 0.3 is 0 Å². The van der Waals surface area contributed by atoms with Gasteiger partial charge in [0.05, 0.1) is 22.3 Å². The fourth-order valence-corrected chi connectivity index (χ4v) is 4.32. The highest BCUT2D eigenvalue weighted by atomic mass is 35.5. The predicted octanol–water partition coefficient (Wildman–Crippen LogP) is 5.88. The monoisotopic (exact) mass is 405 g/mol. The number of benzene rings is 2. The molecule has 6 heteroatoms. The van der Waals surface area contributed by atoms with Crippen LogP contribution in [-0.2, 0) is 16.9 Å². The van der Waals surface area contributed by atoms with Gasteiger partial charge in [-0.3, -0.25) is 0 Å². The molecule has 1 atom stereocenters.